The molecule has 1 N–H and O–H groups in total. The fourth-order valence-corrected chi connectivity index (χ4v) is 1.30. The molecule has 0 saturated carbocycles. The van der Waals surface area contributed by atoms with Gasteiger partial charge in [-0.25, -0.2) is 4.79 Å². The van der Waals surface area contributed by atoms with Crippen LogP contribution in [-0.2, 0) is 25.5 Å². The molecule has 1 aromatic carbocycles. The Kier molecular flexibility index (Phi) is 6.38. The molecule has 0 aromatic heterocycles. The van der Waals surface area contributed by atoms with Crippen LogP contribution in [0.15, 0.2) is 24.3 Å². The van der Waals surface area contributed by atoms with E-state index in [0.29, 0.717) is 17.9 Å². The molecular weight excluding hydrogens is 252 g/mol. The van der Waals surface area contributed by atoms with Crippen LogP contribution in [0.25, 0.3) is 0 Å². The summed E-state index contributed by atoms with van der Waals surface area (Å²) < 4.78 is 14.7. The highest BCUT2D eigenvalue weighted by Crippen LogP contribution is 2.12. The predicted octanol–water partition coefficient (Wildman–Crippen LogP) is 0.882. The van der Waals surface area contributed by atoms with E-state index in [2.05, 4.69) is 0 Å². The first kappa shape index (κ1) is 15.0. The first-order valence-corrected chi connectivity index (χ1v) is 5.70. The number of carboxylic acid groups (broad SMARTS) is 1. The summed E-state index contributed by atoms with van der Waals surface area (Å²) in [5.74, 6) is -0.889. The van der Waals surface area contributed by atoms with Crippen LogP contribution >= 0.6 is 0 Å². The smallest absolute Gasteiger partial charge is 0.344 e. The highest BCUT2D eigenvalue weighted by atomic mass is 16.6. The van der Waals surface area contributed by atoms with Crippen molar-refractivity contribution in [2.24, 2.45) is 0 Å². The van der Waals surface area contributed by atoms with E-state index < -0.39 is 11.9 Å². The molecule has 104 valence electrons. The van der Waals surface area contributed by atoms with Gasteiger partial charge < -0.3 is 19.3 Å². The summed E-state index contributed by atoms with van der Waals surface area (Å²) in [6.07, 6.45) is -0.0423. The van der Waals surface area contributed by atoms with E-state index in [1.807, 2.05) is 0 Å². The average Bonchev–Trinajstić information content (AvgIpc) is 2.37. The van der Waals surface area contributed by atoms with Crippen molar-refractivity contribution in [2.45, 2.75) is 6.42 Å². The van der Waals surface area contributed by atoms with Gasteiger partial charge >= 0.3 is 11.9 Å². The molecule has 0 amide bonds. The van der Waals surface area contributed by atoms with E-state index >= 15 is 0 Å². The summed E-state index contributed by atoms with van der Waals surface area (Å²) in [4.78, 5) is 21.7. The van der Waals surface area contributed by atoms with Crippen molar-refractivity contribution < 1.29 is 28.9 Å². The van der Waals surface area contributed by atoms with Crippen molar-refractivity contribution in [1.29, 1.82) is 0 Å². The monoisotopic (exact) mass is 268 g/mol. The zero-order chi connectivity index (χ0) is 14.1. The largest absolute Gasteiger partial charge is 0.482 e. The molecule has 0 heterocycles. The number of carbonyl (C=O) groups excluding carboxylic acids is 1. The summed E-state index contributed by atoms with van der Waals surface area (Å²) in [5.41, 5.74) is 0.669. The molecule has 6 nitrogen and oxygen atoms in total. The van der Waals surface area contributed by atoms with Gasteiger partial charge in [-0.15, -0.1) is 0 Å². The summed E-state index contributed by atoms with van der Waals surface area (Å²) in [5, 5.41) is 8.61. The SMILES string of the molecule is COCCOC(=O)COc1ccc(CC(=O)O)cc1. The Hall–Kier alpha value is -2.08. The van der Waals surface area contributed by atoms with Crippen LogP contribution in [-0.4, -0.2) is 44.0 Å². The van der Waals surface area contributed by atoms with Crippen LogP contribution < -0.4 is 4.74 Å². The van der Waals surface area contributed by atoms with Crippen molar-refractivity contribution >= 4 is 11.9 Å². The second kappa shape index (κ2) is 8.10. The molecule has 0 radical (unpaired) electrons. The van der Waals surface area contributed by atoms with Gasteiger partial charge in [0, 0.05) is 7.11 Å². The first-order valence-electron chi connectivity index (χ1n) is 5.70. The van der Waals surface area contributed by atoms with Crippen LogP contribution in [0.3, 0.4) is 0 Å². The maximum absolute atomic E-state index is 11.2. The number of carboxylic acids is 1. The van der Waals surface area contributed by atoms with Crippen molar-refractivity contribution in [2.75, 3.05) is 26.9 Å². The molecule has 0 bridgehead atoms. The maximum Gasteiger partial charge on any atom is 0.344 e. The number of methoxy groups -OCH3 is 1. The Morgan fingerprint density at radius 3 is 2.42 bits per heavy atom. The van der Waals surface area contributed by atoms with Gasteiger partial charge in [-0.3, -0.25) is 4.79 Å². The average molecular weight is 268 g/mol. The van der Waals surface area contributed by atoms with Crippen LogP contribution in [0, 0.1) is 0 Å². The lowest BCUT2D eigenvalue weighted by molar-refractivity contribution is -0.147. The van der Waals surface area contributed by atoms with E-state index in [0.717, 1.165) is 0 Å². The number of ether oxygens (including phenoxy) is 3. The summed E-state index contributed by atoms with van der Waals surface area (Å²) in [7, 11) is 1.52. The molecule has 19 heavy (non-hydrogen) atoms. The van der Waals surface area contributed by atoms with Gasteiger partial charge in [0.15, 0.2) is 6.61 Å². The predicted molar refractivity (Wildman–Crippen MR) is 66.1 cm³/mol. The minimum atomic E-state index is -0.893. The zero-order valence-electron chi connectivity index (χ0n) is 10.6. The number of hydrogen-bond acceptors (Lipinski definition) is 5. The third-order valence-corrected chi connectivity index (χ3v) is 2.19. The van der Waals surface area contributed by atoms with Gasteiger partial charge in [-0.2, -0.15) is 0 Å². The number of esters is 1. The van der Waals surface area contributed by atoms with E-state index in [1.54, 1.807) is 24.3 Å². The van der Waals surface area contributed by atoms with Crippen LogP contribution in [0.2, 0.25) is 0 Å². The Morgan fingerprint density at radius 2 is 1.84 bits per heavy atom. The lowest BCUT2D eigenvalue weighted by Gasteiger charge is -2.07. The van der Waals surface area contributed by atoms with Gasteiger partial charge in [0.2, 0.25) is 0 Å². The standard InChI is InChI=1S/C13H16O6/c1-17-6-7-18-13(16)9-19-11-4-2-10(3-5-11)8-12(14)15/h2-5H,6-9H2,1H3,(H,14,15). The molecule has 0 spiro atoms. The Balaban J connectivity index is 2.33. The number of benzene rings is 1. The topological polar surface area (TPSA) is 82.1 Å². The quantitative estimate of drug-likeness (QED) is 0.557. The highest BCUT2D eigenvalue weighted by molar-refractivity contribution is 5.71. The van der Waals surface area contributed by atoms with Crippen molar-refractivity contribution in [3.63, 3.8) is 0 Å². The molecule has 0 aliphatic carbocycles. The lowest BCUT2D eigenvalue weighted by Crippen LogP contribution is -2.17. The normalized spacial score (nSPS) is 9.95. The molecule has 0 atom stereocenters. The molecule has 6 heteroatoms. The van der Waals surface area contributed by atoms with E-state index in [-0.39, 0.29) is 19.6 Å². The van der Waals surface area contributed by atoms with Gasteiger partial charge in [0.1, 0.15) is 12.4 Å². The van der Waals surface area contributed by atoms with Gasteiger partial charge in [-0.1, -0.05) is 12.1 Å². The minimum absolute atomic E-state index is 0.0423. The molecule has 1 aromatic rings. The summed E-state index contributed by atoms with van der Waals surface area (Å²) in [6.45, 7) is 0.341. The minimum Gasteiger partial charge on any atom is -0.482 e. The van der Waals surface area contributed by atoms with Crippen LogP contribution in [0.4, 0.5) is 0 Å². The third kappa shape index (κ3) is 6.42. The van der Waals surface area contributed by atoms with Gasteiger partial charge in [0.05, 0.1) is 13.0 Å². The Bertz CT molecular complexity index is 412. The van der Waals surface area contributed by atoms with Crippen LogP contribution in [0.5, 0.6) is 5.75 Å². The lowest BCUT2D eigenvalue weighted by atomic mass is 10.1. The summed E-state index contributed by atoms with van der Waals surface area (Å²) >= 11 is 0. The van der Waals surface area contributed by atoms with E-state index in [1.165, 1.54) is 7.11 Å². The second-order valence-electron chi connectivity index (χ2n) is 3.72. The van der Waals surface area contributed by atoms with Gasteiger partial charge in [0.25, 0.3) is 0 Å². The molecule has 0 unspecified atom stereocenters. The van der Waals surface area contributed by atoms with E-state index in [4.69, 9.17) is 19.3 Å². The fraction of sp³-hybridized carbons (Fsp3) is 0.385. The van der Waals surface area contributed by atoms with Crippen LogP contribution in [0.1, 0.15) is 5.56 Å². The van der Waals surface area contributed by atoms with Crippen molar-refractivity contribution in [1.82, 2.24) is 0 Å². The Labute approximate surface area is 110 Å². The maximum atomic E-state index is 11.2. The number of carbonyl (C=O) groups is 2. The second-order valence-corrected chi connectivity index (χ2v) is 3.72. The van der Waals surface area contributed by atoms with Gasteiger partial charge in [-0.05, 0) is 17.7 Å². The molecule has 0 aliphatic heterocycles. The third-order valence-electron chi connectivity index (χ3n) is 2.19. The molecule has 1 rings (SSSR count). The number of hydrogen-bond donors (Lipinski definition) is 1. The molecule has 0 fully saturated rings. The number of rotatable bonds is 8. The zero-order valence-corrected chi connectivity index (χ0v) is 10.6. The van der Waals surface area contributed by atoms with Crippen molar-refractivity contribution in [3.05, 3.63) is 29.8 Å². The Morgan fingerprint density at radius 1 is 1.16 bits per heavy atom. The van der Waals surface area contributed by atoms with Crippen molar-refractivity contribution in [3.8, 4) is 5.75 Å². The first-order chi connectivity index (χ1) is 9.11. The molecular formula is C13H16O6. The number of aliphatic carboxylic acids is 1. The van der Waals surface area contributed by atoms with E-state index in [9.17, 15) is 9.59 Å². The highest BCUT2D eigenvalue weighted by Gasteiger charge is 2.05. The summed E-state index contributed by atoms with van der Waals surface area (Å²) in [6, 6.07) is 6.50. The molecule has 0 aliphatic rings. The fourth-order valence-electron chi connectivity index (χ4n) is 1.30. The molecule has 0 saturated heterocycles.